The fourth-order valence-electron chi connectivity index (χ4n) is 2.42. The molecule has 2 unspecified atom stereocenters. The Hall–Kier alpha value is -1.55. The average molecular weight is 261 g/mol. The maximum Gasteiger partial charge on any atom is 0.150 e. The number of nitrogens with one attached hydrogen (secondary N) is 1. The van der Waals surface area contributed by atoms with E-state index < -0.39 is 11.8 Å². The Bertz CT molecular complexity index is 588. The number of rotatable bonds is 1. The summed E-state index contributed by atoms with van der Waals surface area (Å²) in [5, 5.41) is 14.6. The summed E-state index contributed by atoms with van der Waals surface area (Å²) in [5.74, 6) is 0. The maximum atomic E-state index is 11.0. The van der Waals surface area contributed by atoms with E-state index in [4.69, 9.17) is 17.3 Å². The minimum absolute atomic E-state index is 0.582. The lowest BCUT2D eigenvalue weighted by atomic mass is 9.86. The van der Waals surface area contributed by atoms with Crippen LogP contribution < -0.4 is 11.1 Å². The molecule has 4 heteroatoms. The molecule has 1 aliphatic rings. The van der Waals surface area contributed by atoms with Crippen molar-refractivity contribution in [3.05, 3.63) is 64.7 Å². The SMILES string of the molecule is NC1Nc2ccc(Cl)cc2C1(O)c1ccccc1. The van der Waals surface area contributed by atoms with Crippen molar-refractivity contribution >= 4 is 17.3 Å². The third kappa shape index (κ3) is 1.52. The van der Waals surface area contributed by atoms with Crippen LogP contribution in [0.4, 0.5) is 5.69 Å². The zero-order chi connectivity index (χ0) is 12.8. The third-order valence-corrected chi connectivity index (χ3v) is 3.60. The van der Waals surface area contributed by atoms with E-state index in [1.807, 2.05) is 36.4 Å². The molecule has 0 bridgehead atoms. The standard InChI is InChI=1S/C14H13ClN2O/c15-10-6-7-12-11(8-10)14(18,13(16)17-12)9-4-2-1-3-5-9/h1-8,13,17-18H,16H2. The van der Waals surface area contributed by atoms with Gasteiger partial charge in [0.2, 0.25) is 0 Å². The summed E-state index contributed by atoms with van der Waals surface area (Å²) in [6.07, 6.45) is -0.589. The first kappa shape index (κ1) is 11.5. The van der Waals surface area contributed by atoms with Gasteiger partial charge in [-0.3, -0.25) is 0 Å². The Labute approximate surface area is 110 Å². The molecule has 0 aromatic heterocycles. The van der Waals surface area contributed by atoms with E-state index in [0.29, 0.717) is 10.6 Å². The zero-order valence-electron chi connectivity index (χ0n) is 9.60. The molecule has 0 saturated heterocycles. The van der Waals surface area contributed by atoms with Gasteiger partial charge in [-0.15, -0.1) is 0 Å². The van der Waals surface area contributed by atoms with E-state index in [2.05, 4.69) is 5.32 Å². The van der Waals surface area contributed by atoms with E-state index in [9.17, 15) is 5.11 Å². The van der Waals surface area contributed by atoms with E-state index in [-0.39, 0.29) is 0 Å². The molecule has 0 saturated carbocycles. The number of halogens is 1. The second-order valence-corrected chi connectivity index (χ2v) is 4.88. The number of hydrogen-bond acceptors (Lipinski definition) is 3. The summed E-state index contributed by atoms with van der Waals surface area (Å²) in [7, 11) is 0. The molecule has 0 radical (unpaired) electrons. The van der Waals surface area contributed by atoms with Crippen molar-refractivity contribution in [3.63, 3.8) is 0 Å². The molecule has 0 fully saturated rings. The number of benzene rings is 2. The molecule has 0 aliphatic carbocycles. The Morgan fingerprint density at radius 2 is 1.89 bits per heavy atom. The van der Waals surface area contributed by atoms with Gasteiger partial charge in [0.1, 0.15) is 11.8 Å². The van der Waals surface area contributed by atoms with Crippen molar-refractivity contribution in [2.24, 2.45) is 5.73 Å². The number of nitrogens with two attached hydrogens (primary N) is 1. The first-order chi connectivity index (χ1) is 8.62. The van der Waals surface area contributed by atoms with E-state index >= 15 is 0 Å². The average Bonchev–Trinajstić information content (AvgIpc) is 2.64. The van der Waals surface area contributed by atoms with Crippen LogP contribution in [0.2, 0.25) is 5.02 Å². The number of aliphatic hydroxyl groups is 1. The smallest absolute Gasteiger partial charge is 0.150 e. The summed E-state index contributed by atoms with van der Waals surface area (Å²) in [5.41, 5.74) is 7.08. The van der Waals surface area contributed by atoms with Crippen molar-refractivity contribution in [3.8, 4) is 0 Å². The minimum atomic E-state index is -1.25. The lowest BCUT2D eigenvalue weighted by molar-refractivity contribution is 0.0702. The van der Waals surface area contributed by atoms with Crippen molar-refractivity contribution in [2.75, 3.05) is 5.32 Å². The minimum Gasteiger partial charge on any atom is -0.377 e. The highest BCUT2D eigenvalue weighted by Gasteiger charge is 2.45. The maximum absolute atomic E-state index is 11.0. The van der Waals surface area contributed by atoms with Gasteiger partial charge in [-0.25, -0.2) is 0 Å². The van der Waals surface area contributed by atoms with Crippen molar-refractivity contribution in [2.45, 2.75) is 11.8 Å². The summed E-state index contributed by atoms with van der Waals surface area (Å²) in [4.78, 5) is 0. The molecule has 0 spiro atoms. The van der Waals surface area contributed by atoms with Gasteiger partial charge in [-0.05, 0) is 23.8 Å². The predicted molar refractivity (Wildman–Crippen MR) is 72.5 cm³/mol. The molecular formula is C14H13ClN2O. The molecule has 1 aliphatic heterocycles. The van der Waals surface area contributed by atoms with Crippen molar-refractivity contribution < 1.29 is 5.11 Å². The van der Waals surface area contributed by atoms with Gasteiger partial charge in [0, 0.05) is 16.3 Å². The third-order valence-electron chi connectivity index (χ3n) is 3.37. The first-order valence-corrected chi connectivity index (χ1v) is 6.10. The summed E-state index contributed by atoms with van der Waals surface area (Å²) in [6, 6.07) is 14.7. The second kappa shape index (κ2) is 3.99. The van der Waals surface area contributed by atoms with E-state index in [1.165, 1.54) is 0 Å². The number of hydrogen-bond donors (Lipinski definition) is 3. The zero-order valence-corrected chi connectivity index (χ0v) is 10.4. The second-order valence-electron chi connectivity index (χ2n) is 4.44. The highest BCUT2D eigenvalue weighted by molar-refractivity contribution is 6.30. The van der Waals surface area contributed by atoms with Crippen LogP contribution in [0.25, 0.3) is 0 Å². The number of anilines is 1. The molecule has 2 aromatic rings. The molecule has 2 atom stereocenters. The summed E-state index contributed by atoms with van der Waals surface area (Å²) in [6.45, 7) is 0. The van der Waals surface area contributed by atoms with Gasteiger partial charge in [-0.2, -0.15) is 0 Å². The lowest BCUT2D eigenvalue weighted by Crippen LogP contribution is -2.46. The molecule has 0 amide bonds. The lowest BCUT2D eigenvalue weighted by Gasteiger charge is -2.28. The van der Waals surface area contributed by atoms with Crippen LogP contribution in [-0.4, -0.2) is 11.3 Å². The van der Waals surface area contributed by atoms with Crippen LogP contribution in [0.1, 0.15) is 11.1 Å². The van der Waals surface area contributed by atoms with Crippen LogP contribution in [0.15, 0.2) is 48.5 Å². The van der Waals surface area contributed by atoms with E-state index in [1.54, 1.807) is 12.1 Å². The quantitative estimate of drug-likeness (QED) is 0.737. The van der Waals surface area contributed by atoms with Gasteiger partial charge >= 0.3 is 0 Å². The Balaban J connectivity index is 2.21. The van der Waals surface area contributed by atoms with Gasteiger partial charge in [-0.1, -0.05) is 41.9 Å². The Morgan fingerprint density at radius 3 is 2.61 bits per heavy atom. The molecular weight excluding hydrogens is 248 g/mol. The largest absolute Gasteiger partial charge is 0.377 e. The predicted octanol–water partition coefficient (Wildman–Crippen LogP) is 2.29. The Kier molecular flexibility index (Phi) is 2.55. The monoisotopic (exact) mass is 260 g/mol. The highest BCUT2D eigenvalue weighted by Crippen LogP contribution is 2.43. The summed E-state index contributed by atoms with van der Waals surface area (Å²) < 4.78 is 0. The van der Waals surface area contributed by atoms with E-state index in [0.717, 1.165) is 11.3 Å². The van der Waals surface area contributed by atoms with Gasteiger partial charge < -0.3 is 16.2 Å². The van der Waals surface area contributed by atoms with Crippen LogP contribution in [0, 0.1) is 0 Å². The van der Waals surface area contributed by atoms with Crippen molar-refractivity contribution in [1.82, 2.24) is 0 Å². The van der Waals surface area contributed by atoms with Gasteiger partial charge in [0.05, 0.1) is 0 Å². The van der Waals surface area contributed by atoms with Crippen LogP contribution in [-0.2, 0) is 5.60 Å². The first-order valence-electron chi connectivity index (χ1n) is 5.72. The van der Waals surface area contributed by atoms with Crippen LogP contribution in [0.3, 0.4) is 0 Å². The fraction of sp³-hybridized carbons (Fsp3) is 0.143. The van der Waals surface area contributed by atoms with Crippen molar-refractivity contribution in [1.29, 1.82) is 0 Å². The summed E-state index contributed by atoms with van der Waals surface area (Å²) >= 11 is 6.01. The van der Waals surface area contributed by atoms with Gasteiger partial charge in [0.15, 0.2) is 0 Å². The molecule has 3 nitrogen and oxygen atoms in total. The normalized spacial score (nSPS) is 25.6. The highest BCUT2D eigenvalue weighted by atomic mass is 35.5. The molecule has 18 heavy (non-hydrogen) atoms. The Morgan fingerprint density at radius 1 is 1.17 bits per heavy atom. The molecule has 2 aromatic carbocycles. The van der Waals surface area contributed by atoms with Gasteiger partial charge in [0.25, 0.3) is 0 Å². The van der Waals surface area contributed by atoms with Crippen LogP contribution in [0.5, 0.6) is 0 Å². The number of fused-ring (bicyclic) bond motifs is 1. The molecule has 4 N–H and O–H groups in total. The van der Waals surface area contributed by atoms with Crippen LogP contribution >= 0.6 is 11.6 Å². The molecule has 3 rings (SSSR count). The molecule has 92 valence electrons. The molecule has 1 heterocycles. The topological polar surface area (TPSA) is 58.3 Å². The fourth-order valence-corrected chi connectivity index (χ4v) is 2.60.